The second-order valence-electron chi connectivity index (χ2n) is 6.55. The Morgan fingerprint density at radius 3 is 2.73 bits per heavy atom. The molecule has 0 aliphatic carbocycles. The molecule has 3 aromatic rings. The van der Waals surface area contributed by atoms with Crippen LogP contribution in [0.5, 0.6) is 0 Å². The first-order chi connectivity index (χ1) is 12.6. The Bertz CT molecular complexity index is 897. The number of aryl methyl sites for hydroxylation is 2. The average Bonchev–Trinajstić information content (AvgIpc) is 3.38. The molecule has 2 aromatic heterocycles. The molecule has 1 aliphatic rings. The van der Waals surface area contributed by atoms with Crippen LogP contribution in [0.2, 0.25) is 0 Å². The summed E-state index contributed by atoms with van der Waals surface area (Å²) in [6, 6.07) is 9.50. The minimum Gasteiger partial charge on any atom is -0.361 e. The Hall–Kier alpha value is -2.96. The highest BCUT2D eigenvalue weighted by molar-refractivity contribution is 5.80. The van der Waals surface area contributed by atoms with Crippen LogP contribution in [0.3, 0.4) is 0 Å². The fraction of sp³-hybridized carbons (Fsp3) is 0.368. The van der Waals surface area contributed by atoms with E-state index in [2.05, 4.69) is 15.3 Å². The average molecular weight is 352 g/mol. The van der Waals surface area contributed by atoms with E-state index < -0.39 is 0 Å². The summed E-state index contributed by atoms with van der Waals surface area (Å²) < 4.78 is 10.6. The zero-order chi connectivity index (χ0) is 18.1. The van der Waals surface area contributed by atoms with Crippen molar-refractivity contribution >= 4 is 5.91 Å². The largest absolute Gasteiger partial charge is 0.361 e. The van der Waals surface area contributed by atoms with Crippen molar-refractivity contribution in [2.75, 3.05) is 6.54 Å². The third-order valence-electron chi connectivity index (χ3n) is 4.84. The summed E-state index contributed by atoms with van der Waals surface area (Å²) in [6.45, 7) is 4.37. The lowest BCUT2D eigenvalue weighted by atomic mass is 10.1. The zero-order valence-corrected chi connectivity index (χ0v) is 14.8. The molecule has 0 radical (unpaired) electrons. The molecule has 1 aliphatic heterocycles. The first kappa shape index (κ1) is 16.5. The number of carbonyl (C=O) groups is 1. The Labute approximate surface area is 151 Å². The van der Waals surface area contributed by atoms with Gasteiger partial charge in [0.25, 0.3) is 0 Å². The fourth-order valence-corrected chi connectivity index (χ4v) is 3.40. The van der Waals surface area contributed by atoms with Crippen molar-refractivity contribution in [1.29, 1.82) is 0 Å². The number of nitrogens with zero attached hydrogens (tertiary/aromatic N) is 4. The highest BCUT2D eigenvalue weighted by Crippen LogP contribution is 2.32. The number of amides is 1. The second-order valence-corrected chi connectivity index (χ2v) is 6.55. The SMILES string of the molecule is Cc1noc(C)c1CC(=O)N1CCC[C@H]1c1nc(-c2ccccc2)no1. The number of benzene rings is 1. The summed E-state index contributed by atoms with van der Waals surface area (Å²) in [4.78, 5) is 19.2. The van der Waals surface area contributed by atoms with Crippen LogP contribution in [-0.2, 0) is 11.2 Å². The lowest BCUT2D eigenvalue weighted by Crippen LogP contribution is -2.32. The van der Waals surface area contributed by atoms with E-state index in [-0.39, 0.29) is 18.4 Å². The van der Waals surface area contributed by atoms with Crippen LogP contribution in [0.25, 0.3) is 11.4 Å². The molecule has 26 heavy (non-hydrogen) atoms. The summed E-state index contributed by atoms with van der Waals surface area (Å²) >= 11 is 0. The summed E-state index contributed by atoms with van der Waals surface area (Å²) in [5.41, 5.74) is 2.51. The smallest absolute Gasteiger partial charge is 0.249 e. The van der Waals surface area contributed by atoms with Crippen molar-refractivity contribution < 1.29 is 13.8 Å². The van der Waals surface area contributed by atoms with Gasteiger partial charge in [-0.3, -0.25) is 4.79 Å². The quantitative estimate of drug-likeness (QED) is 0.716. The lowest BCUT2D eigenvalue weighted by Gasteiger charge is -2.21. The number of aromatic nitrogens is 3. The molecule has 1 fully saturated rings. The molecule has 0 bridgehead atoms. The Kier molecular flexibility index (Phi) is 4.28. The standard InChI is InChI=1S/C19H20N4O3/c1-12-15(13(2)25-21-12)11-17(24)23-10-6-9-16(23)19-20-18(22-26-19)14-7-4-3-5-8-14/h3-5,7-8,16H,6,9-11H2,1-2H3/t16-/m0/s1. The molecule has 3 heterocycles. The van der Waals surface area contributed by atoms with Gasteiger partial charge in [-0.25, -0.2) is 0 Å². The Morgan fingerprint density at radius 1 is 1.19 bits per heavy atom. The van der Waals surface area contributed by atoms with E-state index in [0.717, 1.165) is 29.7 Å². The van der Waals surface area contributed by atoms with E-state index in [1.165, 1.54) is 0 Å². The topological polar surface area (TPSA) is 85.3 Å². The summed E-state index contributed by atoms with van der Waals surface area (Å²) in [5.74, 6) is 1.76. The molecule has 134 valence electrons. The summed E-state index contributed by atoms with van der Waals surface area (Å²) in [5, 5.41) is 8.00. The van der Waals surface area contributed by atoms with Crippen LogP contribution < -0.4 is 0 Å². The Morgan fingerprint density at radius 2 is 2.00 bits per heavy atom. The highest BCUT2D eigenvalue weighted by atomic mass is 16.5. The number of hydrogen-bond donors (Lipinski definition) is 0. The molecular formula is C19H20N4O3. The Balaban J connectivity index is 1.53. The molecule has 1 aromatic carbocycles. The van der Waals surface area contributed by atoms with E-state index in [9.17, 15) is 4.79 Å². The van der Waals surface area contributed by atoms with E-state index in [1.807, 2.05) is 49.1 Å². The van der Waals surface area contributed by atoms with Gasteiger partial charge in [0.05, 0.1) is 12.1 Å². The third-order valence-corrected chi connectivity index (χ3v) is 4.84. The van der Waals surface area contributed by atoms with Crippen LogP contribution in [0, 0.1) is 13.8 Å². The van der Waals surface area contributed by atoms with Crippen molar-refractivity contribution in [3.63, 3.8) is 0 Å². The lowest BCUT2D eigenvalue weighted by molar-refractivity contribution is -0.131. The van der Waals surface area contributed by atoms with Gasteiger partial charge in [-0.05, 0) is 26.7 Å². The summed E-state index contributed by atoms with van der Waals surface area (Å²) in [7, 11) is 0. The van der Waals surface area contributed by atoms with E-state index in [4.69, 9.17) is 9.05 Å². The molecule has 0 spiro atoms. The van der Waals surface area contributed by atoms with Crippen molar-refractivity contribution in [1.82, 2.24) is 20.2 Å². The van der Waals surface area contributed by atoms with Crippen LogP contribution >= 0.6 is 0 Å². The van der Waals surface area contributed by atoms with Gasteiger partial charge in [-0.2, -0.15) is 4.98 Å². The van der Waals surface area contributed by atoms with Gasteiger partial charge in [-0.1, -0.05) is 40.6 Å². The maximum Gasteiger partial charge on any atom is 0.249 e. The zero-order valence-electron chi connectivity index (χ0n) is 14.8. The van der Waals surface area contributed by atoms with Crippen LogP contribution in [0.4, 0.5) is 0 Å². The van der Waals surface area contributed by atoms with Gasteiger partial charge in [0.15, 0.2) is 0 Å². The molecule has 1 saturated heterocycles. The monoisotopic (exact) mass is 352 g/mol. The van der Waals surface area contributed by atoms with Gasteiger partial charge in [0.1, 0.15) is 11.8 Å². The first-order valence-electron chi connectivity index (χ1n) is 8.73. The van der Waals surface area contributed by atoms with Crippen molar-refractivity contribution in [3.8, 4) is 11.4 Å². The number of likely N-dealkylation sites (tertiary alicyclic amines) is 1. The maximum absolute atomic E-state index is 12.8. The molecule has 4 rings (SSSR count). The number of rotatable bonds is 4. The molecule has 0 saturated carbocycles. The van der Waals surface area contributed by atoms with Gasteiger partial charge < -0.3 is 13.9 Å². The second kappa shape index (κ2) is 6.74. The third kappa shape index (κ3) is 3.00. The molecule has 0 unspecified atom stereocenters. The highest BCUT2D eigenvalue weighted by Gasteiger charge is 2.34. The molecule has 1 amide bonds. The van der Waals surface area contributed by atoms with Crippen molar-refractivity contribution in [2.45, 2.75) is 39.2 Å². The van der Waals surface area contributed by atoms with Crippen LogP contribution in [0.15, 0.2) is 39.4 Å². The minimum absolute atomic E-state index is 0.0290. The van der Waals surface area contributed by atoms with Gasteiger partial charge >= 0.3 is 0 Å². The number of carbonyl (C=O) groups excluding carboxylic acids is 1. The molecular weight excluding hydrogens is 332 g/mol. The fourth-order valence-electron chi connectivity index (χ4n) is 3.40. The summed E-state index contributed by atoms with van der Waals surface area (Å²) in [6.07, 6.45) is 2.02. The van der Waals surface area contributed by atoms with Crippen LogP contribution in [0.1, 0.15) is 41.8 Å². The normalized spacial score (nSPS) is 17.0. The molecule has 0 N–H and O–H groups in total. The van der Waals surface area contributed by atoms with Gasteiger partial charge in [-0.15, -0.1) is 0 Å². The maximum atomic E-state index is 12.8. The van der Waals surface area contributed by atoms with Crippen molar-refractivity contribution in [3.05, 3.63) is 53.2 Å². The minimum atomic E-state index is -0.173. The predicted octanol–water partition coefficient (Wildman–Crippen LogP) is 3.25. The van der Waals surface area contributed by atoms with Gasteiger partial charge in [0, 0.05) is 17.7 Å². The van der Waals surface area contributed by atoms with Crippen molar-refractivity contribution in [2.24, 2.45) is 0 Å². The first-order valence-corrected chi connectivity index (χ1v) is 8.73. The van der Waals surface area contributed by atoms with E-state index in [1.54, 1.807) is 0 Å². The molecule has 7 nitrogen and oxygen atoms in total. The van der Waals surface area contributed by atoms with Gasteiger partial charge in [0.2, 0.25) is 17.6 Å². The predicted molar refractivity (Wildman–Crippen MR) is 93.1 cm³/mol. The molecule has 7 heteroatoms. The van der Waals surface area contributed by atoms with E-state index >= 15 is 0 Å². The van der Waals surface area contributed by atoms with E-state index in [0.29, 0.717) is 24.0 Å². The number of hydrogen-bond acceptors (Lipinski definition) is 6. The van der Waals surface area contributed by atoms with Crippen LogP contribution in [-0.4, -0.2) is 32.6 Å². The molecule has 1 atom stereocenters.